The topological polar surface area (TPSA) is 57.1 Å². The molecule has 0 amide bonds. The van der Waals surface area contributed by atoms with Crippen molar-refractivity contribution >= 4 is 31.5 Å². The number of benzene rings is 9. The van der Waals surface area contributed by atoms with Crippen LogP contribution < -0.4 is 9.47 Å². The number of rotatable bonds is 6. The minimum atomic E-state index is -0.546. The molecule has 1 aliphatic heterocycles. The Kier molecular flexibility index (Phi) is 8.23. The third-order valence-electron chi connectivity index (χ3n) is 12.7. The van der Waals surface area contributed by atoms with E-state index in [-0.39, 0.29) is 0 Å². The van der Waals surface area contributed by atoms with Crippen LogP contribution in [0.1, 0.15) is 22.3 Å². The molecule has 1 aliphatic carbocycles. The summed E-state index contributed by atoms with van der Waals surface area (Å²) in [6.07, 6.45) is 0. The summed E-state index contributed by atoms with van der Waals surface area (Å²) in [6, 6.07) is 74.3. The van der Waals surface area contributed by atoms with Crippen LogP contribution >= 0.6 is 11.3 Å². The summed E-state index contributed by atoms with van der Waals surface area (Å²) in [5, 5.41) is 2.50. The lowest BCUT2D eigenvalue weighted by Gasteiger charge is -2.34. The Labute approximate surface area is 373 Å². The quantitative estimate of drug-likeness (QED) is 0.167. The average Bonchev–Trinajstić information content (AvgIpc) is 3.90. The first kappa shape index (κ1) is 36.5. The number of hydrogen-bond donors (Lipinski definition) is 0. The van der Waals surface area contributed by atoms with Crippen LogP contribution in [0.3, 0.4) is 0 Å². The molecular weight excluding hydrogens is 803 g/mol. The normalized spacial score (nSPS) is 13.1. The molecule has 300 valence electrons. The Bertz CT molecular complexity index is 3590. The number of hydrogen-bond acceptors (Lipinski definition) is 6. The molecule has 0 radical (unpaired) electrons. The zero-order chi connectivity index (χ0) is 42.2. The van der Waals surface area contributed by atoms with Crippen LogP contribution in [0.5, 0.6) is 23.0 Å². The molecule has 6 heteroatoms. The minimum absolute atomic E-state index is 0.546. The van der Waals surface area contributed by atoms with Crippen LogP contribution in [-0.2, 0) is 5.41 Å². The van der Waals surface area contributed by atoms with Crippen molar-refractivity contribution in [1.29, 1.82) is 0 Å². The van der Waals surface area contributed by atoms with Gasteiger partial charge in [-0.15, -0.1) is 11.3 Å². The number of aromatic nitrogens is 3. The van der Waals surface area contributed by atoms with Crippen LogP contribution in [-0.4, -0.2) is 15.0 Å². The first-order chi connectivity index (χ1) is 31.7. The molecule has 0 spiro atoms. The summed E-state index contributed by atoms with van der Waals surface area (Å²) in [6.45, 7) is 0. The number of thiophene rings is 1. The van der Waals surface area contributed by atoms with Gasteiger partial charge < -0.3 is 9.47 Å². The molecule has 5 nitrogen and oxygen atoms in total. The largest absolute Gasteiger partial charge is 0.449 e. The zero-order valence-electron chi connectivity index (χ0n) is 34.3. The molecule has 64 heavy (non-hydrogen) atoms. The van der Waals surface area contributed by atoms with Gasteiger partial charge in [0, 0.05) is 42.4 Å². The van der Waals surface area contributed by atoms with Crippen molar-refractivity contribution in [1.82, 2.24) is 15.0 Å². The molecule has 0 saturated carbocycles. The van der Waals surface area contributed by atoms with Crippen molar-refractivity contribution in [2.75, 3.05) is 0 Å². The second-order valence-corrected chi connectivity index (χ2v) is 17.4. The van der Waals surface area contributed by atoms with E-state index in [0.29, 0.717) is 34.7 Å². The summed E-state index contributed by atoms with van der Waals surface area (Å²) in [7, 11) is 0. The van der Waals surface area contributed by atoms with E-state index in [4.69, 9.17) is 24.4 Å². The Morgan fingerprint density at radius 3 is 1.72 bits per heavy atom. The van der Waals surface area contributed by atoms with Gasteiger partial charge in [0.25, 0.3) is 0 Å². The molecule has 0 unspecified atom stereocenters. The summed E-state index contributed by atoms with van der Waals surface area (Å²) >= 11 is 1.79. The molecule has 0 N–H and O–H groups in total. The van der Waals surface area contributed by atoms with Crippen LogP contribution in [0.15, 0.2) is 212 Å². The summed E-state index contributed by atoms with van der Waals surface area (Å²) in [4.78, 5) is 15.2. The monoisotopic (exact) mass is 837 g/mol. The van der Waals surface area contributed by atoms with E-state index < -0.39 is 5.41 Å². The van der Waals surface area contributed by atoms with Gasteiger partial charge >= 0.3 is 0 Å². The lowest BCUT2D eigenvalue weighted by molar-refractivity contribution is 0.360. The maximum Gasteiger partial charge on any atom is 0.178 e. The van der Waals surface area contributed by atoms with Gasteiger partial charge in [-0.2, -0.15) is 0 Å². The van der Waals surface area contributed by atoms with E-state index in [9.17, 15) is 0 Å². The highest BCUT2D eigenvalue weighted by Crippen LogP contribution is 2.62. The van der Waals surface area contributed by atoms with E-state index in [2.05, 4.69) is 176 Å². The highest BCUT2D eigenvalue weighted by atomic mass is 32.1. The Balaban J connectivity index is 0.903. The van der Waals surface area contributed by atoms with E-state index in [1.165, 1.54) is 36.9 Å². The number of nitrogens with zero attached hydrogens (tertiary/aromatic N) is 3. The highest BCUT2D eigenvalue weighted by molar-refractivity contribution is 7.25. The first-order valence-electron chi connectivity index (χ1n) is 21.4. The fourth-order valence-corrected chi connectivity index (χ4v) is 10.9. The predicted molar refractivity (Wildman–Crippen MR) is 258 cm³/mol. The third kappa shape index (κ3) is 5.66. The Hall–Kier alpha value is -8.19. The van der Waals surface area contributed by atoms with Crippen molar-refractivity contribution in [3.05, 3.63) is 235 Å². The molecule has 13 rings (SSSR count). The predicted octanol–water partition coefficient (Wildman–Crippen LogP) is 15.2. The second kappa shape index (κ2) is 14.4. The zero-order valence-corrected chi connectivity index (χ0v) is 35.1. The lowest BCUT2D eigenvalue weighted by atomic mass is 9.68. The molecule has 0 bridgehead atoms. The van der Waals surface area contributed by atoms with E-state index in [1.807, 2.05) is 36.4 Å². The molecule has 0 saturated heterocycles. The Morgan fingerprint density at radius 1 is 0.359 bits per heavy atom. The first-order valence-corrected chi connectivity index (χ1v) is 22.2. The Morgan fingerprint density at radius 2 is 0.938 bits per heavy atom. The third-order valence-corrected chi connectivity index (χ3v) is 13.8. The second-order valence-electron chi connectivity index (χ2n) is 16.3. The molecule has 3 heterocycles. The van der Waals surface area contributed by atoms with Crippen LogP contribution in [0.2, 0.25) is 0 Å². The molecule has 0 fully saturated rings. The fourth-order valence-electron chi connectivity index (χ4n) is 9.80. The van der Waals surface area contributed by atoms with E-state index >= 15 is 0 Å². The van der Waals surface area contributed by atoms with Gasteiger partial charge in [-0.05, 0) is 75.3 Å². The van der Waals surface area contributed by atoms with Gasteiger partial charge in [0.2, 0.25) is 0 Å². The van der Waals surface area contributed by atoms with Crippen molar-refractivity contribution in [2.24, 2.45) is 0 Å². The minimum Gasteiger partial charge on any atom is -0.449 e. The maximum atomic E-state index is 7.04. The van der Waals surface area contributed by atoms with Gasteiger partial charge in [-0.25, -0.2) is 15.0 Å². The van der Waals surface area contributed by atoms with Gasteiger partial charge in [-0.1, -0.05) is 176 Å². The number of fused-ring (bicyclic) bond motifs is 9. The van der Waals surface area contributed by atoms with Gasteiger partial charge in [-0.3, -0.25) is 0 Å². The summed E-state index contributed by atoms with van der Waals surface area (Å²) in [5.74, 6) is 4.59. The standard InChI is InChI=1S/C58H35N3O2S/c1-4-15-36(16-5-1)55-59-56(61-57(60-55)40-27-29-44-43-23-11-13-26-51(43)64-52(44)35-40)39-18-14-17-37(33-39)38-28-31-48-50(34-38)63-54-49(62-48)32-30-47-53(54)45-24-10-12-25-46(45)58(47,41-19-6-2-7-20-41)42-21-8-3-9-22-42/h1-35H. The fraction of sp³-hybridized carbons (Fsp3) is 0.0172. The highest BCUT2D eigenvalue weighted by Gasteiger charge is 2.48. The number of ether oxygens (including phenoxy) is 2. The average molecular weight is 838 g/mol. The molecule has 0 atom stereocenters. The van der Waals surface area contributed by atoms with Crippen LogP contribution in [0.4, 0.5) is 0 Å². The van der Waals surface area contributed by atoms with Gasteiger partial charge in [0.05, 0.1) is 5.41 Å². The SMILES string of the molecule is c1ccc(-c2nc(-c3cccc(-c4ccc5c(c4)Oc4c(ccc6c4-c4ccccc4C6(c4ccccc4)c4ccccc4)O5)c3)nc(-c3ccc4c(c3)sc3ccccc34)n2)cc1. The van der Waals surface area contributed by atoms with Crippen LogP contribution in [0.25, 0.3) is 76.6 Å². The molecule has 2 aliphatic rings. The molecule has 2 aromatic heterocycles. The van der Waals surface area contributed by atoms with Gasteiger partial charge in [0.1, 0.15) is 0 Å². The van der Waals surface area contributed by atoms with Gasteiger partial charge in [0.15, 0.2) is 40.5 Å². The smallest absolute Gasteiger partial charge is 0.178 e. The molecule has 9 aromatic carbocycles. The summed E-state index contributed by atoms with van der Waals surface area (Å²) < 4.78 is 16.2. The van der Waals surface area contributed by atoms with E-state index in [1.54, 1.807) is 11.3 Å². The molecular formula is C58H35N3O2S. The van der Waals surface area contributed by atoms with Crippen molar-refractivity contribution < 1.29 is 9.47 Å². The van der Waals surface area contributed by atoms with Crippen molar-refractivity contribution in [3.63, 3.8) is 0 Å². The van der Waals surface area contributed by atoms with Crippen molar-refractivity contribution in [2.45, 2.75) is 5.41 Å². The lowest BCUT2D eigenvalue weighted by Crippen LogP contribution is -2.28. The molecule has 11 aromatic rings. The van der Waals surface area contributed by atoms with Crippen molar-refractivity contribution in [3.8, 4) is 79.4 Å². The van der Waals surface area contributed by atoms with Crippen LogP contribution in [0, 0.1) is 0 Å². The summed E-state index contributed by atoms with van der Waals surface area (Å²) in [5.41, 5.74) is 11.2. The maximum absolute atomic E-state index is 7.04. The van der Waals surface area contributed by atoms with E-state index in [0.717, 1.165) is 50.3 Å².